The van der Waals surface area contributed by atoms with E-state index in [9.17, 15) is 18.4 Å². The fraction of sp³-hybridized carbons (Fsp3) is 0.0909. The average molecular weight is 297 g/mol. The van der Waals surface area contributed by atoms with Crippen LogP contribution in [-0.4, -0.2) is 34.2 Å². The van der Waals surface area contributed by atoms with Crippen molar-refractivity contribution in [1.29, 1.82) is 0 Å². The summed E-state index contributed by atoms with van der Waals surface area (Å²) in [5.41, 5.74) is 4.28. The molecule has 0 atom stereocenters. The van der Waals surface area contributed by atoms with E-state index in [0.29, 0.717) is 6.07 Å². The van der Waals surface area contributed by atoms with E-state index in [1.54, 1.807) is 0 Å². The molecule has 8 nitrogen and oxygen atoms in total. The maximum Gasteiger partial charge on any atom is 0.340 e. The highest BCUT2D eigenvalue weighted by Gasteiger charge is 2.19. The molecule has 2 aromatic rings. The van der Waals surface area contributed by atoms with Gasteiger partial charge in [0.05, 0.1) is 18.4 Å². The summed E-state index contributed by atoms with van der Waals surface area (Å²) in [4.78, 5) is 26.6. The van der Waals surface area contributed by atoms with Gasteiger partial charge >= 0.3 is 5.97 Å². The van der Waals surface area contributed by atoms with Gasteiger partial charge in [-0.15, -0.1) is 5.10 Å². The molecule has 4 N–H and O–H groups in total. The van der Waals surface area contributed by atoms with Gasteiger partial charge in [-0.2, -0.15) is 4.98 Å². The normalized spacial score (nSPS) is 10.2. The Kier molecular flexibility index (Phi) is 3.78. The molecular formula is C11H9F2N5O3. The third kappa shape index (κ3) is 2.94. The number of H-pyrrole nitrogens is 1. The fourth-order valence-electron chi connectivity index (χ4n) is 1.47. The highest BCUT2D eigenvalue weighted by atomic mass is 19.1. The zero-order valence-corrected chi connectivity index (χ0v) is 10.6. The minimum Gasteiger partial charge on any atom is -0.465 e. The summed E-state index contributed by atoms with van der Waals surface area (Å²) in [6, 6.07) is 1.27. The van der Waals surface area contributed by atoms with Crippen LogP contribution in [0, 0.1) is 11.6 Å². The predicted molar refractivity (Wildman–Crippen MR) is 66.4 cm³/mol. The van der Waals surface area contributed by atoms with Crippen molar-refractivity contribution in [3.8, 4) is 0 Å². The Morgan fingerprint density at radius 2 is 2.05 bits per heavy atom. The molecule has 0 radical (unpaired) electrons. The Balaban J connectivity index is 2.31. The molecule has 10 heteroatoms. The van der Waals surface area contributed by atoms with Gasteiger partial charge in [-0.25, -0.2) is 13.6 Å². The van der Waals surface area contributed by atoms with Gasteiger partial charge in [0.25, 0.3) is 5.91 Å². The summed E-state index contributed by atoms with van der Waals surface area (Å²) in [5.74, 6) is -4.49. The molecule has 0 aliphatic heterocycles. The van der Waals surface area contributed by atoms with Gasteiger partial charge in [0.15, 0.2) is 0 Å². The number of ether oxygens (including phenoxy) is 1. The fourth-order valence-corrected chi connectivity index (χ4v) is 1.47. The molecule has 0 bridgehead atoms. The van der Waals surface area contributed by atoms with Gasteiger partial charge in [-0.05, 0) is 6.07 Å². The third-order valence-corrected chi connectivity index (χ3v) is 2.43. The Labute approximate surface area is 116 Å². The number of halogens is 2. The van der Waals surface area contributed by atoms with Crippen LogP contribution in [-0.2, 0) is 4.74 Å². The molecule has 1 aromatic heterocycles. The average Bonchev–Trinajstić information content (AvgIpc) is 2.87. The second-order valence-corrected chi connectivity index (χ2v) is 3.80. The van der Waals surface area contributed by atoms with Crippen molar-refractivity contribution in [2.24, 2.45) is 0 Å². The van der Waals surface area contributed by atoms with Crippen LogP contribution >= 0.6 is 0 Å². The van der Waals surface area contributed by atoms with Gasteiger partial charge in [-0.3, -0.25) is 9.89 Å². The van der Waals surface area contributed by atoms with Crippen LogP contribution in [0.2, 0.25) is 0 Å². The number of rotatable bonds is 3. The van der Waals surface area contributed by atoms with Crippen molar-refractivity contribution in [3.63, 3.8) is 0 Å². The van der Waals surface area contributed by atoms with Crippen molar-refractivity contribution in [3.05, 3.63) is 35.2 Å². The van der Waals surface area contributed by atoms with Crippen molar-refractivity contribution >= 4 is 23.5 Å². The number of amides is 1. The first-order valence-electron chi connectivity index (χ1n) is 5.49. The molecular weight excluding hydrogens is 288 g/mol. The molecule has 1 amide bonds. The molecule has 0 aliphatic rings. The first-order valence-corrected chi connectivity index (χ1v) is 5.49. The van der Waals surface area contributed by atoms with Crippen LogP contribution in [0.1, 0.15) is 21.0 Å². The maximum atomic E-state index is 13.6. The van der Waals surface area contributed by atoms with Crippen molar-refractivity contribution in [2.45, 2.75) is 0 Å². The molecule has 0 aliphatic carbocycles. The lowest BCUT2D eigenvalue weighted by Gasteiger charge is -2.07. The summed E-state index contributed by atoms with van der Waals surface area (Å²) in [6.07, 6.45) is 0. The summed E-state index contributed by atoms with van der Waals surface area (Å²) in [7, 11) is 1.04. The molecule has 21 heavy (non-hydrogen) atoms. The molecule has 1 heterocycles. The number of aromatic amines is 1. The molecule has 0 saturated carbocycles. The first-order chi connectivity index (χ1) is 9.92. The van der Waals surface area contributed by atoms with Crippen LogP contribution in [0.4, 0.5) is 20.4 Å². The summed E-state index contributed by atoms with van der Waals surface area (Å²) in [6.45, 7) is 0. The van der Waals surface area contributed by atoms with Gasteiger partial charge < -0.3 is 15.8 Å². The van der Waals surface area contributed by atoms with Gasteiger partial charge in [0, 0.05) is 6.07 Å². The van der Waals surface area contributed by atoms with Gasteiger partial charge in [0.1, 0.15) is 11.6 Å². The zero-order chi connectivity index (χ0) is 15.6. The van der Waals surface area contributed by atoms with Crippen molar-refractivity contribution < 1.29 is 23.1 Å². The Morgan fingerprint density at radius 3 is 2.62 bits per heavy atom. The SMILES string of the molecule is COC(=O)c1cc(NC(=O)c2nc(N)n[nH]2)c(F)cc1F. The van der Waals surface area contributed by atoms with E-state index in [-0.39, 0.29) is 11.8 Å². The Hall–Kier alpha value is -3.04. The van der Waals surface area contributed by atoms with Crippen molar-refractivity contribution in [2.75, 3.05) is 18.2 Å². The summed E-state index contributed by atoms with van der Waals surface area (Å²) < 4.78 is 31.4. The lowest BCUT2D eigenvalue weighted by atomic mass is 10.1. The summed E-state index contributed by atoms with van der Waals surface area (Å²) in [5, 5.41) is 7.76. The zero-order valence-electron chi connectivity index (χ0n) is 10.6. The quantitative estimate of drug-likeness (QED) is 0.717. The van der Waals surface area contributed by atoms with E-state index in [1.165, 1.54) is 0 Å². The van der Waals surface area contributed by atoms with E-state index in [0.717, 1.165) is 13.2 Å². The number of methoxy groups -OCH3 is 1. The number of anilines is 2. The standard InChI is InChI=1S/C11H9F2N5O3/c1-21-10(20)4-2-7(6(13)3-5(4)12)15-9(19)8-16-11(14)18-17-8/h2-3H,1H3,(H,15,19)(H3,14,16,17,18). The van der Waals surface area contributed by atoms with Crippen LogP contribution in [0.15, 0.2) is 12.1 Å². The molecule has 0 unspecified atom stereocenters. The largest absolute Gasteiger partial charge is 0.465 e. The lowest BCUT2D eigenvalue weighted by molar-refractivity contribution is 0.0595. The number of nitrogens with zero attached hydrogens (tertiary/aromatic N) is 2. The number of nitrogens with two attached hydrogens (primary N) is 1. The highest BCUT2D eigenvalue weighted by Crippen LogP contribution is 2.20. The second-order valence-electron chi connectivity index (χ2n) is 3.80. The molecule has 110 valence electrons. The number of nitrogens with one attached hydrogen (secondary N) is 2. The lowest BCUT2D eigenvalue weighted by Crippen LogP contribution is -2.16. The maximum absolute atomic E-state index is 13.6. The predicted octanol–water partition coefficient (Wildman–Crippen LogP) is 0.704. The molecule has 0 saturated heterocycles. The number of benzene rings is 1. The number of nitrogen functional groups attached to an aromatic ring is 1. The Bertz CT molecular complexity index is 716. The molecule has 0 fully saturated rings. The van der Waals surface area contributed by atoms with Crippen LogP contribution in [0.3, 0.4) is 0 Å². The summed E-state index contributed by atoms with van der Waals surface area (Å²) >= 11 is 0. The smallest absolute Gasteiger partial charge is 0.340 e. The molecule has 2 rings (SSSR count). The topological polar surface area (TPSA) is 123 Å². The van der Waals surface area contributed by atoms with Crippen molar-refractivity contribution in [1.82, 2.24) is 15.2 Å². The van der Waals surface area contributed by atoms with Gasteiger partial charge in [-0.1, -0.05) is 0 Å². The number of esters is 1. The number of hydrogen-bond donors (Lipinski definition) is 3. The van der Waals surface area contributed by atoms with E-state index in [2.05, 4.69) is 25.2 Å². The monoisotopic (exact) mass is 297 g/mol. The van der Waals surface area contributed by atoms with E-state index >= 15 is 0 Å². The second kappa shape index (κ2) is 5.53. The number of carbonyl (C=O) groups is 2. The van der Waals surface area contributed by atoms with Crippen LogP contribution in [0.5, 0.6) is 0 Å². The molecule has 0 spiro atoms. The van der Waals surface area contributed by atoms with E-state index in [1.807, 2.05) is 0 Å². The highest BCUT2D eigenvalue weighted by molar-refractivity contribution is 6.02. The Morgan fingerprint density at radius 1 is 1.33 bits per heavy atom. The van der Waals surface area contributed by atoms with Crippen LogP contribution in [0.25, 0.3) is 0 Å². The first kappa shape index (κ1) is 14.4. The van der Waals surface area contributed by atoms with Crippen LogP contribution < -0.4 is 11.1 Å². The van der Waals surface area contributed by atoms with Gasteiger partial charge in [0.2, 0.25) is 11.8 Å². The number of hydrogen-bond acceptors (Lipinski definition) is 6. The molecule has 1 aromatic carbocycles. The minimum absolute atomic E-state index is 0.171. The number of carbonyl (C=O) groups excluding carboxylic acids is 2. The van der Waals surface area contributed by atoms with E-state index in [4.69, 9.17) is 5.73 Å². The minimum atomic E-state index is -1.11. The third-order valence-electron chi connectivity index (χ3n) is 2.43. The number of aromatic nitrogens is 3. The van der Waals surface area contributed by atoms with E-state index < -0.39 is 34.8 Å².